The molecule has 0 saturated heterocycles. The number of hydrogen-bond acceptors (Lipinski definition) is 3. The number of oxazole rings is 1. The summed E-state index contributed by atoms with van der Waals surface area (Å²) in [5.74, 6) is 0.336. The second-order valence-corrected chi connectivity index (χ2v) is 3.03. The third-order valence-corrected chi connectivity index (χ3v) is 1.99. The standard InChI is InChI=1S/C12H13NO2/c1-9-11(7-8-14)13-12(15-9)10-5-3-2-4-6-10/h2-6,14H,7-8H2,1H3/i7D2,8D2. The summed E-state index contributed by atoms with van der Waals surface area (Å²) in [7, 11) is 0. The first kappa shape index (κ1) is 6.08. The molecule has 1 aromatic heterocycles. The molecule has 0 fully saturated rings. The number of aliphatic hydroxyl groups is 1. The van der Waals surface area contributed by atoms with Gasteiger partial charge in [-0.1, -0.05) is 18.2 Å². The van der Waals surface area contributed by atoms with Gasteiger partial charge in [-0.25, -0.2) is 4.98 Å². The zero-order valence-electron chi connectivity index (χ0n) is 12.2. The van der Waals surface area contributed by atoms with E-state index in [1.54, 1.807) is 24.3 Å². The molecule has 2 rings (SSSR count). The lowest BCUT2D eigenvalue weighted by atomic mass is 10.2. The molecule has 0 amide bonds. The van der Waals surface area contributed by atoms with Crippen molar-refractivity contribution in [1.82, 2.24) is 4.98 Å². The highest BCUT2D eigenvalue weighted by Crippen LogP contribution is 2.21. The van der Waals surface area contributed by atoms with Crippen molar-refractivity contribution in [3.05, 3.63) is 41.8 Å². The van der Waals surface area contributed by atoms with E-state index in [-0.39, 0.29) is 17.3 Å². The van der Waals surface area contributed by atoms with Crippen LogP contribution < -0.4 is 0 Å². The van der Waals surface area contributed by atoms with Crippen LogP contribution in [0.25, 0.3) is 11.5 Å². The van der Waals surface area contributed by atoms with Crippen LogP contribution in [0.2, 0.25) is 0 Å². The van der Waals surface area contributed by atoms with Crippen LogP contribution in [-0.2, 0) is 6.37 Å². The van der Waals surface area contributed by atoms with Crippen molar-refractivity contribution in [3.63, 3.8) is 0 Å². The molecule has 1 heterocycles. The average Bonchev–Trinajstić information content (AvgIpc) is 2.71. The maximum Gasteiger partial charge on any atom is 0.226 e. The average molecular weight is 207 g/mol. The Morgan fingerprint density at radius 2 is 2.13 bits per heavy atom. The third kappa shape index (κ3) is 2.07. The number of rotatable bonds is 3. The Kier molecular flexibility index (Phi) is 1.73. The van der Waals surface area contributed by atoms with Crippen LogP contribution >= 0.6 is 0 Å². The van der Waals surface area contributed by atoms with Gasteiger partial charge in [0.1, 0.15) is 5.76 Å². The Hall–Kier alpha value is -1.61. The molecule has 3 nitrogen and oxygen atoms in total. The van der Waals surface area contributed by atoms with E-state index in [2.05, 4.69) is 4.98 Å². The van der Waals surface area contributed by atoms with Crippen molar-refractivity contribution in [2.75, 3.05) is 6.56 Å². The molecule has 0 spiro atoms. The molecule has 0 radical (unpaired) electrons. The maximum atomic E-state index is 9.28. The zero-order valence-corrected chi connectivity index (χ0v) is 8.19. The van der Waals surface area contributed by atoms with E-state index in [9.17, 15) is 5.11 Å². The largest absolute Gasteiger partial charge is 0.441 e. The van der Waals surface area contributed by atoms with E-state index in [4.69, 9.17) is 9.90 Å². The number of nitrogens with zero attached hydrogens (tertiary/aromatic N) is 1. The van der Waals surface area contributed by atoms with Crippen LogP contribution in [0.15, 0.2) is 34.7 Å². The van der Waals surface area contributed by atoms with E-state index in [1.807, 2.05) is 6.07 Å². The van der Waals surface area contributed by atoms with E-state index in [1.165, 1.54) is 6.92 Å². The van der Waals surface area contributed by atoms with Gasteiger partial charge in [0, 0.05) is 21.2 Å². The molecule has 0 unspecified atom stereocenters. The molecule has 15 heavy (non-hydrogen) atoms. The summed E-state index contributed by atoms with van der Waals surface area (Å²) in [5.41, 5.74) is 0.421. The molecule has 1 N–H and O–H groups in total. The molecular weight excluding hydrogens is 190 g/mol. The van der Waals surface area contributed by atoms with Crippen LogP contribution in [0, 0.1) is 6.92 Å². The zero-order chi connectivity index (χ0) is 14.3. The van der Waals surface area contributed by atoms with Gasteiger partial charge in [-0.2, -0.15) is 0 Å². The first-order valence-electron chi connectivity index (χ1n) is 6.49. The number of aromatic nitrogens is 1. The van der Waals surface area contributed by atoms with Gasteiger partial charge in [-0.3, -0.25) is 0 Å². The minimum Gasteiger partial charge on any atom is -0.441 e. The fourth-order valence-electron chi connectivity index (χ4n) is 1.27. The van der Waals surface area contributed by atoms with Crippen LogP contribution in [0.3, 0.4) is 0 Å². The van der Waals surface area contributed by atoms with Gasteiger partial charge in [-0.05, 0) is 19.1 Å². The molecular formula is C12H13NO2. The number of benzene rings is 1. The molecule has 0 aliphatic carbocycles. The van der Waals surface area contributed by atoms with Gasteiger partial charge in [-0.15, -0.1) is 0 Å². The first-order chi connectivity index (χ1) is 8.73. The highest BCUT2D eigenvalue weighted by Gasteiger charge is 2.09. The molecule has 78 valence electrons. The van der Waals surface area contributed by atoms with Crippen LogP contribution in [-0.4, -0.2) is 16.6 Å². The Balaban J connectivity index is 2.49. The quantitative estimate of drug-likeness (QED) is 0.839. The molecule has 2 aromatic rings. The predicted octanol–water partition coefficient (Wildman–Crippen LogP) is 2.18. The summed E-state index contributed by atoms with van der Waals surface area (Å²) < 4.78 is 35.0. The molecule has 0 aliphatic rings. The monoisotopic (exact) mass is 207 g/mol. The minimum absolute atomic E-state index is 0.141. The maximum absolute atomic E-state index is 9.28. The Labute approximate surface area is 94.0 Å². The van der Waals surface area contributed by atoms with Gasteiger partial charge >= 0.3 is 0 Å². The summed E-state index contributed by atoms with van der Waals surface area (Å²) in [6.45, 7) is -1.55. The van der Waals surface area contributed by atoms with Crippen molar-refractivity contribution in [2.45, 2.75) is 13.3 Å². The van der Waals surface area contributed by atoms with Crippen molar-refractivity contribution < 1.29 is 15.0 Å². The van der Waals surface area contributed by atoms with E-state index in [0.29, 0.717) is 5.56 Å². The smallest absolute Gasteiger partial charge is 0.226 e. The fraction of sp³-hybridized carbons (Fsp3) is 0.250. The number of hydrogen-bond donors (Lipinski definition) is 1. The molecule has 3 heteroatoms. The predicted molar refractivity (Wildman–Crippen MR) is 57.5 cm³/mol. The summed E-state index contributed by atoms with van der Waals surface area (Å²) in [6, 6.07) is 8.89. The molecule has 0 atom stereocenters. The lowest BCUT2D eigenvalue weighted by Crippen LogP contribution is -1.92. The second kappa shape index (κ2) is 4.28. The Bertz CT molecular complexity index is 575. The SMILES string of the molecule is [2H]C([2H])(O)C([2H])([2H])c1nc(-c2ccccc2)oc1C. The third-order valence-electron chi connectivity index (χ3n) is 1.99. The van der Waals surface area contributed by atoms with Crippen LogP contribution in [0.1, 0.15) is 16.9 Å². The lowest BCUT2D eigenvalue weighted by molar-refractivity contribution is 0.297. The van der Waals surface area contributed by atoms with Crippen molar-refractivity contribution in [3.8, 4) is 11.5 Å². The Morgan fingerprint density at radius 3 is 2.80 bits per heavy atom. The van der Waals surface area contributed by atoms with Gasteiger partial charge in [0.25, 0.3) is 0 Å². The second-order valence-electron chi connectivity index (χ2n) is 3.03. The van der Waals surface area contributed by atoms with E-state index >= 15 is 0 Å². The first-order valence-corrected chi connectivity index (χ1v) is 4.49. The summed E-state index contributed by atoms with van der Waals surface area (Å²) in [4.78, 5) is 3.98. The van der Waals surface area contributed by atoms with Gasteiger partial charge in [0.15, 0.2) is 0 Å². The minimum atomic E-state index is -3.04. The van der Waals surface area contributed by atoms with Gasteiger partial charge in [0.05, 0.1) is 8.44 Å². The van der Waals surface area contributed by atoms with E-state index < -0.39 is 12.9 Å². The Morgan fingerprint density at radius 1 is 1.40 bits per heavy atom. The summed E-state index contributed by atoms with van der Waals surface area (Å²) in [5, 5.41) is 9.28. The van der Waals surface area contributed by atoms with Crippen LogP contribution in [0.5, 0.6) is 0 Å². The fourth-order valence-corrected chi connectivity index (χ4v) is 1.27. The lowest BCUT2D eigenvalue weighted by Gasteiger charge is -1.92. The highest BCUT2D eigenvalue weighted by atomic mass is 16.4. The van der Waals surface area contributed by atoms with Crippen LogP contribution in [0.4, 0.5) is 0 Å². The van der Waals surface area contributed by atoms with Crippen molar-refractivity contribution >= 4 is 0 Å². The van der Waals surface area contributed by atoms with Gasteiger partial charge < -0.3 is 9.52 Å². The van der Waals surface area contributed by atoms with Crippen molar-refractivity contribution in [1.29, 1.82) is 0 Å². The number of aryl methyl sites for hydroxylation is 2. The summed E-state index contributed by atoms with van der Waals surface area (Å²) in [6.07, 6.45) is -2.65. The normalized spacial score (nSPS) is 16.4. The molecule has 1 aromatic carbocycles. The van der Waals surface area contributed by atoms with Gasteiger partial charge in [0.2, 0.25) is 5.89 Å². The topological polar surface area (TPSA) is 46.3 Å². The molecule has 0 aliphatic heterocycles. The van der Waals surface area contributed by atoms with Crippen molar-refractivity contribution in [2.24, 2.45) is 0 Å². The molecule has 0 saturated carbocycles. The molecule has 0 bridgehead atoms. The summed E-state index contributed by atoms with van der Waals surface area (Å²) >= 11 is 0. The highest BCUT2D eigenvalue weighted by molar-refractivity contribution is 5.53. The van der Waals surface area contributed by atoms with E-state index in [0.717, 1.165) is 0 Å².